The van der Waals surface area contributed by atoms with Crippen molar-refractivity contribution in [2.75, 3.05) is 0 Å². The maximum absolute atomic E-state index is 6.34. The van der Waals surface area contributed by atoms with Crippen LogP contribution in [0.2, 0.25) is 0 Å². The van der Waals surface area contributed by atoms with Crippen molar-refractivity contribution >= 4 is 23.5 Å². The summed E-state index contributed by atoms with van der Waals surface area (Å²) < 4.78 is 0. The maximum Gasteiger partial charge on any atom is 0.0629 e. The van der Waals surface area contributed by atoms with Gasteiger partial charge in [-0.25, -0.2) is 0 Å². The largest absolute Gasteiger partial charge is 0.257 e. The summed E-state index contributed by atoms with van der Waals surface area (Å²) in [5, 5.41) is 0.887. The predicted octanol–water partition coefficient (Wildman–Crippen LogP) is 5.01. The van der Waals surface area contributed by atoms with E-state index in [4.69, 9.17) is 11.6 Å². The van der Waals surface area contributed by atoms with Gasteiger partial charge < -0.3 is 0 Å². The minimum absolute atomic E-state index is 0.887. The van der Waals surface area contributed by atoms with Gasteiger partial charge in [-0.15, -0.1) is 0 Å². The van der Waals surface area contributed by atoms with Crippen molar-refractivity contribution in [1.82, 2.24) is 0 Å². The maximum atomic E-state index is 6.34. The third kappa shape index (κ3) is 3.07. The Balaban J connectivity index is 2.21. The molecule has 1 aromatic carbocycles. The molecule has 0 saturated heterocycles. The Labute approximate surface area is 108 Å². The molecule has 0 saturated carbocycles. The first-order valence-corrected chi connectivity index (χ1v) is 6.32. The summed E-state index contributed by atoms with van der Waals surface area (Å²) in [4.78, 5) is 4.45. The number of aliphatic imine (C=N–C) groups is 1. The molecule has 0 aliphatic heterocycles. The van der Waals surface area contributed by atoms with Crippen LogP contribution < -0.4 is 0 Å². The quantitative estimate of drug-likeness (QED) is 0.650. The molecule has 0 aromatic heterocycles. The average Bonchev–Trinajstić information content (AvgIpc) is 2.39. The molecule has 1 aliphatic carbocycles. The lowest BCUT2D eigenvalue weighted by Crippen LogP contribution is -2.00. The number of benzene rings is 1. The molecule has 2 heteroatoms. The lowest BCUT2D eigenvalue weighted by atomic mass is 9.95. The molecule has 0 radical (unpaired) electrons. The molecule has 1 nitrogen and oxygen atoms in total. The molecule has 17 heavy (non-hydrogen) atoms. The van der Waals surface area contributed by atoms with Gasteiger partial charge in [0.05, 0.1) is 5.69 Å². The second-order valence-corrected chi connectivity index (χ2v) is 4.48. The Bertz CT molecular complexity index is 469. The molecule has 1 aromatic rings. The van der Waals surface area contributed by atoms with E-state index in [1.165, 1.54) is 5.57 Å². The Morgan fingerprint density at radius 2 is 1.94 bits per heavy atom. The lowest BCUT2D eigenvalue weighted by molar-refractivity contribution is 0.799. The molecule has 0 amide bonds. The summed E-state index contributed by atoms with van der Waals surface area (Å²) in [5.74, 6) is 0. The Morgan fingerprint density at radius 1 is 1.18 bits per heavy atom. The molecule has 0 N–H and O–H groups in total. The number of allylic oxidation sites excluding steroid dienone is 4. The van der Waals surface area contributed by atoms with Crippen LogP contribution in [-0.2, 0) is 0 Å². The van der Waals surface area contributed by atoms with E-state index >= 15 is 0 Å². The van der Waals surface area contributed by atoms with E-state index in [-0.39, 0.29) is 0 Å². The zero-order chi connectivity index (χ0) is 12.1. The summed E-state index contributed by atoms with van der Waals surface area (Å²) in [7, 11) is 0. The van der Waals surface area contributed by atoms with Crippen molar-refractivity contribution in [3.63, 3.8) is 0 Å². The van der Waals surface area contributed by atoms with Crippen molar-refractivity contribution in [2.24, 2.45) is 4.99 Å². The highest BCUT2D eigenvalue weighted by atomic mass is 35.5. The first kappa shape index (κ1) is 12.1. The normalized spacial score (nSPS) is 19.3. The lowest BCUT2D eigenvalue weighted by Gasteiger charge is -2.15. The smallest absolute Gasteiger partial charge is 0.0629 e. The molecular formula is C15H16ClN. The third-order valence-electron chi connectivity index (χ3n) is 2.93. The number of nitrogens with zero attached hydrogens (tertiary/aromatic N) is 1. The first-order valence-electron chi connectivity index (χ1n) is 5.94. The van der Waals surface area contributed by atoms with E-state index < -0.39 is 0 Å². The highest BCUT2D eigenvalue weighted by Gasteiger charge is 2.13. The van der Waals surface area contributed by atoms with Crippen LogP contribution >= 0.6 is 11.6 Å². The number of para-hydroxylation sites is 1. The first-order chi connectivity index (χ1) is 8.31. The Kier molecular flexibility index (Phi) is 4.16. The molecule has 0 bridgehead atoms. The summed E-state index contributed by atoms with van der Waals surface area (Å²) in [6.07, 6.45) is 7.26. The van der Waals surface area contributed by atoms with Crippen molar-refractivity contribution in [3.8, 4) is 0 Å². The molecular weight excluding hydrogens is 230 g/mol. The van der Waals surface area contributed by atoms with Gasteiger partial charge in [0, 0.05) is 11.2 Å². The monoisotopic (exact) mass is 245 g/mol. The Morgan fingerprint density at radius 3 is 2.65 bits per heavy atom. The summed E-state index contributed by atoms with van der Waals surface area (Å²) in [5.41, 5.74) is 3.36. The minimum Gasteiger partial charge on any atom is -0.257 e. The Hall–Kier alpha value is -1.34. The number of halogens is 1. The van der Waals surface area contributed by atoms with Crippen LogP contribution in [-0.4, -0.2) is 6.21 Å². The van der Waals surface area contributed by atoms with Gasteiger partial charge in [0.25, 0.3) is 0 Å². The fourth-order valence-corrected chi connectivity index (χ4v) is 2.30. The standard InChI is InChI=1S/C15H16ClN/c1-2-12-7-6-8-13(15(12)16)11-17-14-9-4-3-5-10-14/h2-5,9-11H,6-8H2,1H3/b12-2+,17-11?. The second kappa shape index (κ2) is 5.83. The van der Waals surface area contributed by atoms with Gasteiger partial charge in [0.15, 0.2) is 0 Å². The number of hydrogen-bond acceptors (Lipinski definition) is 1. The van der Waals surface area contributed by atoms with Gasteiger partial charge in [0.2, 0.25) is 0 Å². The van der Waals surface area contributed by atoms with Gasteiger partial charge in [-0.3, -0.25) is 4.99 Å². The van der Waals surface area contributed by atoms with E-state index in [2.05, 4.69) is 11.1 Å². The van der Waals surface area contributed by atoms with E-state index in [0.717, 1.165) is 35.6 Å². The fourth-order valence-electron chi connectivity index (χ4n) is 1.95. The molecule has 1 aliphatic rings. The SMILES string of the molecule is C/C=C1\CCCC(C=Nc2ccccc2)=C1Cl. The van der Waals surface area contributed by atoms with Crippen LogP contribution in [0.3, 0.4) is 0 Å². The van der Waals surface area contributed by atoms with Crippen LogP contribution in [0, 0.1) is 0 Å². The second-order valence-electron chi connectivity index (χ2n) is 4.10. The van der Waals surface area contributed by atoms with Crippen molar-refractivity contribution in [1.29, 1.82) is 0 Å². The molecule has 0 spiro atoms. The summed E-state index contributed by atoms with van der Waals surface area (Å²) in [6, 6.07) is 9.94. The highest BCUT2D eigenvalue weighted by molar-refractivity contribution is 6.33. The minimum atomic E-state index is 0.887. The van der Waals surface area contributed by atoms with Gasteiger partial charge in [0.1, 0.15) is 0 Å². The zero-order valence-electron chi connectivity index (χ0n) is 9.99. The third-order valence-corrected chi connectivity index (χ3v) is 3.42. The molecule has 0 atom stereocenters. The topological polar surface area (TPSA) is 12.4 Å². The molecule has 0 heterocycles. The van der Waals surface area contributed by atoms with Crippen molar-refractivity contribution in [3.05, 3.63) is 52.6 Å². The van der Waals surface area contributed by atoms with Gasteiger partial charge in [-0.2, -0.15) is 0 Å². The van der Waals surface area contributed by atoms with E-state index in [0.29, 0.717) is 0 Å². The zero-order valence-corrected chi connectivity index (χ0v) is 10.7. The fraction of sp³-hybridized carbons (Fsp3) is 0.267. The summed E-state index contributed by atoms with van der Waals surface area (Å²) in [6.45, 7) is 2.04. The van der Waals surface area contributed by atoms with Crippen LogP contribution in [0.4, 0.5) is 5.69 Å². The highest BCUT2D eigenvalue weighted by Crippen LogP contribution is 2.31. The van der Waals surface area contributed by atoms with Crippen LogP contribution in [0.1, 0.15) is 26.2 Å². The van der Waals surface area contributed by atoms with Crippen molar-refractivity contribution in [2.45, 2.75) is 26.2 Å². The van der Waals surface area contributed by atoms with Gasteiger partial charge >= 0.3 is 0 Å². The molecule has 2 rings (SSSR count). The van der Waals surface area contributed by atoms with Crippen LogP contribution in [0.25, 0.3) is 0 Å². The molecule has 88 valence electrons. The summed E-state index contributed by atoms with van der Waals surface area (Å²) >= 11 is 6.34. The van der Waals surface area contributed by atoms with Crippen molar-refractivity contribution < 1.29 is 0 Å². The molecule has 0 unspecified atom stereocenters. The molecule has 0 fully saturated rings. The predicted molar refractivity (Wildman–Crippen MR) is 75.1 cm³/mol. The number of rotatable bonds is 2. The average molecular weight is 246 g/mol. The van der Waals surface area contributed by atoms with Gasteiger partial charge in [-0.05, 0) is 49.5 Å². The number of hydrogen-bond donors (Lipinski definition) is 0. The van der Waals surface area contributed by atoms with E-state index in [1.54, 1.807) is 0 Å². The van der Waals surface area contributed by atoms with Crippen LogP contribution in [0.5, 0.6) is 0 Å². The van der Waals surface area contributed by atoms with Crippen LogP contribution in [0.15, 0.2) is 57.6 Å². The van der Waals surface area contributed by atoms with E-state index in [9.17, 15) is 0 Å². The van der Waals surface area contributed by atoms with Gasteiger partial charge in [-0.1, -0.05) is 35.9 Å². The van der Waals surface area contributed by atoms with E-state index in [1.807, 2.05) is 43.5 Å².